The maximum atomic E-state index is 4.05. The first-order chi connectivity index (χ1) is 5.47. The topological polar surface area (TPSA) is 25.8 Å². The summed E-state index contributed by atoms with van der Waals surface area (Å²) in [5.74, 6) is 0. The van der Waals surface area contributed by atoms with Crippen LogP contribution in [-0.4, -0.2) is 23.9 Å². The fourth-order valence-electron chi connectivity index (χ4n) is 1.01. The maximum absolute atomic E-state index is 4.05. The van der Waals surface area contributed by atoms with Gasteiger partial charge < -0.3 is 0 Å². The molecule has 3 heteroatoms. The number of nitrogens with zero attached hydrogens (tertiary/aromatic N) is 2. The molecular weight excluding hydrogens is 203 g/mol. The molecule has 0 amide bonds. The summed E-state index contributed by atoms with van der Waals surface area (Å²) in [7, 11) is 0. The number of allylic oxidation sites excluding steroid dienone is 2. The molecular formula is C8H8N2Se. The summed E-state index contributed by atoms with van der Waals surface area (Å²) < 4.78 is 5.34. The summed E-state index contributed by atoms with van der Waals surface area (Å²) in [6.45, 7) is 0. The quantitative estimate of drug-likeness (QED) is 0.605. The molecule has 2 rings (SSSR count). The van der Waals surface area contributed by atoms with E-state index in [2.05, 4.69) is 33.5 Å². The van der Waals surface area contributed by atoms with Crippen LogP contribution in [0, 0.1) is 0 Å². The molecule has 56 valence electrons. The Hall–Kier alpha value is -0.661. The average Bonchev–Trinajstić information content (AvgIpc) is 2.35. The minimum atomic E-state index is 0.244. The van der Waals surface area contributed by atoms with Crippen LogP contribution in [-0.2, 0) is 0 Å². The molecule has 0 spiro atoms. The van der Waals surface area contributed by atoms with E-state index in [9.17, 15) is 0 Å². The van der Waals surface area contributed by atoms with Crippen LogP contribution in [0.2, 0.25) is 0 Å². The Bertz CT molecular complexity index is 270. The van der Waals surface area contributed by atoms with Crippen LogP contribution in [0.3, 0.4) is 0 Å². The van der Waals surface area contributed by atoms with Gasteiger partial charge in [-0.2, -0.15) is 0 Å². The first-order valence-electron chi connectivity index (χ1n) is 3.62. The number of hydrogen-bond acceptors (Lipinski definition) is 2. The van der Waals surface area contributed by atoms with Crippen molar-refractivity contribution in [3.63, 3.8) is 0 Å². The van der Waals surface area contributed by atoms with Crippen molar-refractivity contribution in [3.05, 3.63) is 22.3 Å². The van der Waals surface area contributed by atoms with Gasteiger partial charge in [-0.05, 0) is 0 Å². The van der Waals surface area contributed by atoms with Crippen LogP contribution in [0.1, 0.15) is 23.0 Å². The van der Waals surface area contributed by atoms with Gasteiger partial charge in [0.05, 0.1) is 0 Å². The van der Waals surface area contributed by atoms with E-state index in [4.69, 9.17) is 0 Å². The second-order valence-corrected chi connectivity index (χ2v) is 4.05. The molecule has 0 unspecified atom stereocenters. The fourth-order valence-corrected chi connectivity index (χ4v) is 2.22. The Morgan fingerprint density at radius 2 is 2.00 bits per heavy atom. The molecule has 1 aliphatic carbocycles. The van der Waals surface area contributed by atoms with Gasteiger partial charge in [0.25, 0.3) is 0 Å². The number of fused-ring (bicyclic) bond motifs is 1. The molecule has 0 radical (unpaired) electrons. The molecule has 0 aromatic carbocycles. The second-order valence-electron chi connectivity index (χ2n) is 2.40. The van der Waals surface area contributed by atoms with Gasteiger partial charge in [-0.3, -0.25) is 0 Å². The first-order valence-corrected chi connectivity index (χ1v) is 5.24. The van der Waals surface area contributed by atoms with Crippen molar-refractivity contribution >= 4 is 26.9 Å². The third-order valence-corrected chi connectivity index (χ3v) is 3.06. The van der Waals surface area contributed by atoms with Crippen molar-refractivity contribution in [3.8, 4) is 0 Å². The molecule has 0 atom stereocenters. The van der Waals surface area contributed by atoms with Crippen molar-refractivity contribution < 1.29 is 0 Å². The molecule has 0 aliphatic heterocycles. The third kappa shape index (κ3) is 1.50. The Labute approximate surface area is 71.6 Å². The van der Waals surface area contributed by atoms with Crippen LogP contribution in [0.5, 0.6) is 0 Å². The monoisotopic (exact) mass is 212 g/mol. The molecule has 0 N–H and O–H groups in total. The number of hydrogen-bond donors (Lipinski definition) is 0. The van der Waals surface area contributed by atoms with Gasteiger partial charge in [0.15, 0.2) is 0 Å². The zero-order chi connectivity index (χ0) is 7.52. The summed E-state index contributed by atoms with van der Waals surface area (Å²) in [6, 6.07) is 0. The van der Waals surface area contributed by atoms with Gasteiger partial charge in [-0.15, -0.1) is 0 Å². The van der Waals surface area contributed by atoms with E-state index in [-0.39, 0.29) is 14.7 Å². The summed E-state index contributed by atoms with van der Waals surface area (Å²) in [5, 5.41) is 4.05. The van der Waals surface area contributed by atoms with E-state index in [0.717, 1.165) is 18.5 Å². The molecule has 2 nitrogen and oxygen atoms in total. The van der Waals surface area contributed by atoms with Crippen LogP contribution in [0.4, 0.5) is 0 Å². The van der Waals surface area contributed by atoms with Crippen molar-refractivity contribution in [1.29, 1.82) is 0 Å². The summed E-state index contributed by atoms with van der Waals surface area (Å²) in [5.41, 5.74) is 1.07. The molecule has 1 aliphatic rings. The number of aromatic nitrogens is 2. The van der Waals surface area contributed by atoms with Crippen LogP contribution < -0.4 is 0 Å². The zero-order valence-electron chi connectivity index (χ0n) is 6.03. The average molecular weight is 211 g/mol. The summed E-state index contributed by atoms with van der Waals surface area (Å²) in [4.78, 5) is 0. The molecule has 1 heterocycles. The fraction of sp³-hybridized carbons (Fsp3) is 0.250. The van der Waals surface area contributed by atoms with E-state index in [1.807, 2.05) is 0 Å². The van der Waals surface area contributed by atoms with E-state index in [0.29, 0.717) is 0 Å². The van der Waals surface area contributed by atoms with Gasteiger partial charge in [0.2, 0.25) is 0 Å². The van der Waals surface area contributed by atoms with E-state index < -0.39 is 0 Å². The predicted molar refractivity (Wildman–Crippen MR) is 46.3 cm³/mol. The standard InChI is InChI=1S/C8H8N2Se/c1-2-4-6-8-7(5-3-1)9-10-11-8/h3-6H,1-2H2/b5-3-,6-4-. The number of rotatable bonds is 0. The van der Waals surface area contributed by atoms with E-state index >= 15 is 0 Å². The first kappa shape index (κ1) is 7.01. The van der Waals surface area contributed by atoms with E-state index in [1.54, 1.807) is 0 Å². The van der Waals surface area contributed by atoms with Crippen molar-refractivity contribution in [1.82, 2.24) is 9.19 Å². The second kappa shape index (κ2) is 3.16. The molecule has 11 heavy (non-hydrogen) atoms. The Morgan fingerprint density at radius 1 is 1.18 bits per heavy atom. The Morgan fingerprint density at radius 3 is 2.91 bits per heavy atom. The van der Waals surface area contributed by atoms with Gasteiger partial charge in [0.1, 0.15) is 0 Å². The zero-order valence-corrected chi connectivity index (χ0v) is 7.74. The van der Waals surface area contributed by atoms with E-state index in [1.165, 1.54) is 4.44 Å². The Kier molecular flexibility index (Phi) is 2.01. The van der Waals surface area contributed by atoms with Crippen LogP contribution >= 0.6 is 0 Å². The van der Waals surface area contributed by atoms with Crippen molar-refractivity contribution in [2.45, 2.75) is 12.8 Å². The summed E-state index contributed by atoms with van der Waals surface area (Å²) in [6.07, 6.45) is 10.9. The summed E-state index contributed by atoms with van der Waals surface area (Å²) >= 11 is 0.244. The molecule has 0 saturated heterocycles. The molecule has 1 aromatic rings. The molecule has 1 aromatic heterocycles. The van der Waals surface area contributed by atoms with Crippen LogP contribution in [0.15, 0.2) is 12.2 Å². The normalized spacial score (nSPS) is 21.5. The SMILES string of the molecule is C1=C\c2nn[se]c2/C=C\CC/1. The van der Waals surface area contributed by atoms with Gasteiger partial charge in [-0.25, -0.2) is 0 Å². The van der Waals surface area contributed by atoms with Crippen LogP contribution in [0.25, 0.3) is 12.2 Å². The predicted octanol–water partition coefficient (Wildman–Crippen LogP) is 1.35. The Balaban J connectivity index is 2.44. The van der Waals surface area contributed by atoms with Gasteiger partial charge in [0, 0.05) is 0 Å². The molecule has 0 bridgehead atoms. The van der Waals surface area contributed by atoms with Crippen molar-refractivity contribution in [2.75, 3.05) is 0 Å². The minimum absolute atomic E-state index is 0.244. The van der Waals surface area contributed by atoms with Crippen molar-refractivity contribution in [2.24, 2.45) is 0 Å². The molecule has 0 fully saturated rings. The van der Waals surface area contributed by atoms with Gasteiger partial charge >= 0.3 is 71.2 Å². The third-order valence-electron chi connectivity index (χ3n) is 1.59. The molecule has 0 saturated carbocycles. The van der Waals surface area contributed by atoms with Gasteiger partial charge in [-0.1, -0.05) is 0 Å².